The predicted octanol–water partition coefficient (Wildman–Crippen LogP) is 3.94. The Morgan fingerprint density at radius 1 is 1.09 bits per heavy atom. The van der Waals surface area contributed by atoms with Crippen LogP contribution in [0.25, 0.3) is 0 Å². The third-order valence-electron chi connectivity index (χ3n) is 5.55. The van der Waals surface area contributed by atoms with Crippen LogP contribution in [0.15, 0.2) is 36.4 Å². The van der Waals surface area contributed by atoms with Crippen LogP contribution >= 0.6 is 0 Å². The fourth-order valence-electron chi connectivity index (χ4n) is 3.77. The average molecular weight is 487 g/mol. The van der Waals surface area contributed by atoms with Gasteiger partial charge in [-0.1, -0.05) is 32.9 Å². The molecule has 0 saturated heterocycles. The van der Waals surface area contributed by atoms with E-state index in [1.165, 1.54) is 7.11 Å². The highest BCUT2D eigenvalue weighted by molar-refractivity contribution is 7.84. The Bertz CT molecular complexity index is 1120. The number of methoxy groups -OCH3 is 1. The van der Waals surface area contributed by atoms with Gasteiger partial charge in [-0.15, -0.1) is 0 Å². The molecule has 1 heterocycles. The zero-order valence-corrected chi connectivity index (χ0v) is 20.7. The van der Waals surface area contributed by atoms with Crippen molar-refractivity contribution in [1.29, 1.82) is 0 Å². The number of fused-ring (bicyclic) bond motifs is 1. The van der Waals surface area contributed by atoms with E-state index in [1.807, 2.05) is 6.92 Å². The Morgan fingerprint density at radius 3 is 2.50 bits per heavy atom. The van der Waals surface area contributed by atoms with Crippen LogP contribution in [0.2, 0.25) is 0 Å². The largest absolute Gasteiger partial charge is 0.493 e. The molecule has 9 heteroatoms. The Kier molecular flexibility index (Phi) is 8.44. The van der Waals surface area contributed by atoms with Gasteiger partial charge in [0.1, 0.15) is 0 Å². The lowest BCUT2D eigenvalue weighted by atomic mass is 10.1. The van der Waals surface area contributed by atoms with Crippen LogP contribution in [-0.4, -0.2) is 52.1 Å². The molecule has 0 spiro atoms. The molecule has 0 bridgehead atoms. The molecule has 0 saturated carbocycles. The fraction of sp³-hybridized carbons (Fsp3) is 0.400. The zero-order chi connectivity index (χ0) is 24.8. The van der Waals surface area contributed by atoms with E-state index in [2.05, 4.69) is 5.32 Å². The normalized spacial score (nSPS) is 14.5. The van der Waals surface area contributed by atoms with Crippen molar-refractivity contribution in [2.24, 2.45) is 0 Å². The first-order valence-corrected chi connectivity index (χ1v) is 12.8. The van der Waals surface area contributed by atoms with E-state index >= 15 is 0 Å². The van der Waals surface area contributed by atoms with Gasteiger partial charge in [-0.05, 0) is 36.2 Å². The number of nitrogens with zero attached hydrogens (tertiary/aromatic N) is 1. The van der Waals surface area contributed by atoms with Crippen molar-refractivity contribution in [3.8, 4) is 11.5 Å². The van der Waals surface area contributed by atoms with Crippen molar-refractivity contribution >= 4 is 34.2 Å². The number of ether oxygens (including phenoxy) is 2. The Hall–Kier alpha value is -3.20. The quantitative estimate of drug-likeness (QED) is 0.483. The molecule has 0 aliphatic carbocycles. The molecule has 0 radical (unpaired) electrons. The number of rotatable bonds is 11. The molecular weight excluding hydrogens is 456 g/mol. The molecule has 2 atom stereocenters. The summed E-state index contributed by atoms with van der Waals surface area (Å²) in [6.45, 7) is 5.95. The molecule has 2 aromatic carbocycles. The van der Waals surface area contributed by atoms with E-state index in [-0.39, 0.29) is 29.2 Å². The summed E-state index contributed by atoms with van der Waals surface area (Å²) in [5, 5.41) is 2.71. The number of carbonyl (C=O) groups is 3. The maximum absolute atomic E-state index is 13.6. The molecular formula is C25H30N2O6S. The lowest BCUT2D eigenvalue weighted by Crippen LogP contribution is -2.37. The van der Waals surface area contributed by atoms with Crippen molar-refractivity contribution in [2.75, 3.05) is 30.5 Å². The average Bonchev–Trinajstić information content (AvgIpc) is 3.11. The third kappa shape index (κ3) is 5.14. The van der Waals surface area contributed by atoms with Gasteiger partial charge in [-0.2, -0.15) is 0 Å². The van der Waals surface area contributed by atoms with Crippen LogP contribution in [0.1, 0.15) is 65.9 Å². The highest BCUT2D eigenvalue weighted by Gasteiger charge is 2.43. The van der Waals surface area contributed by atoms with E-state index in [9.17, 15) is 18.6 Å². The minimum atomic E-state index is -1.27. The van der Waals surface area contributed by atoms with Crippen LogP contribution in [0.3, 0.4) is 0 Å². The van der Waals surface area contributed by atoms with Gasteiger partial charge in [0.05, 0.1) is 36.6 Å². The molecule has 3 amide bonds. The lowest BCUT2D eigenvalue weighted by Gasteiger charge is -2.27. The van der Waals surface area contributed by atoms with Crippen LogP contribution < -0.4 is 14.8 Å². The first kappa shape index (κ1) is 25.4. The maximum atomic E-state index is 13.6. The van der Waals surface area contributed by atoms with Crippen molar-refractivity contribution in [3.63, 3.8) is 0 Å². The molecule has 8 nitrogen and oxygen atoms in total. The second kappa shape index (κ2) is 11.3. The third-order valence-corrected chi connectivity index (χ3v) is 6.88. The van der Waals surface area contributed by atoms with Gasteiger partial charge in [0.15, 0.2) is 11.5 Å². The summed E-state index contributed by atoms with van der Waals surface area (Å²) in [6, 6.07) is 9.21. The molecule has 182 valence electrons. The van der Waals surface area contributed by atoms with Crippen LogP contribution in [0.5, 0.6) is 11.5 Å². The summed E-state index contributed by atoms with van der Waals surface area (Å²) in [5.74, 6) is 0.199. The van der Waals surface area contributed by atoms with E-state index in [0.717, 1.165) is 11.3 Å². The zero-order valence-electron chi connectivity index (χ0n) is 19.9. The lowest BCUT2D eigenvalue weighted by molar-refractivity contribution is -0.115. The van der Waals surface area contributed by atoms with Crippen LogP contribution in [0.4, 0.5) is 5.69 Å². The molecule has 1 N–H and O–H groups in total. The number of nitrogens with one attached hydrogen (secondary N) is 1. The predicted molar refractivity (Wildman–Crippen MR) is 131 cm³/mol. The number of hydrogen-bond donors (Lipinski definition) is 1. The molecule has 2 aromatic rings. The SMILES string of the molecule is CCCOc1cc(C(CS(=O)CC)N2C(=O)c3cccc(NC(=O)CC)c3C2=O)ccc1OC. The topological polar surface area (TPSA) is 102 Å². The minimum absolute atomic E-state index is 0.0815. The molecule has 2 unspecified atom stereocenters. The second-order valence-corrected chi connectivity index (χ2v) is 9.57. The summed E-state index contributed by atoms with van der Waals surface area (Å²) >= 11 is 0. The number of carbonyl (C=O) groups excluding carboxylic acids is 3. The van der Waals surface area contributed by atoms with Gasteiger partial charge >= 0.3 is 0 Å². The second-order valence-electron chi connectivity index (χ2n) is 7.78. The summed E-state index contributed by atoms with van der Waals surface area (Å²) in [7, 11) is 0.264. The first-order chi connectivity index (χ1) is 16.4. The number of anilines is 1. The minimum Gasteiger partial charge on any atom is -0.493 e. The van der Waals surface area contributed by atoms with Crippen molar-refractivity contribution in [1.82, 2.24) is 4.90 Å². The molecule has 0 aromatic heterocycles. The van der Waals surface area contributed by atoms with Crippen LogP contribution in [-0.2, 0) is 15.6 Å². The Labute approximate surface area is 202 Å². The molecule has 3 rings (SSSR count). The van der Waals surface area contributed by atoms with Gasteiger partial charge in [-0.3, -0.25) is 23.5 Å². The standard InChI is InChI=1S/C25H30N2O6S/c1-5-13-33-21-14-16(11-12-20(21)32-4)19(15-34(31)7-3)27-24(29)17-9-8-10-18(23(17)25(27)30)26-22(28)6-2/h8-12,14,19H,5-7,13,15H2,1-4H3,(H,26,28). The maximum Gasteiger partial charge on any atom is 0.264 e. The molecule has 0 fully saturated rings. The number of amides is 3. The smallest absolute Gasteiger partial charge is 0.264 e. The number of hydrogen-bond acceptors (Lipinski definition) is 6. The van der Waals surface area contributed by atoms with E-state index in [1.54, 1.807) is 50.2 Å². The van der Waals surface area contributed by atoms with Crippen LogP contribution in [0, 0.1) is 0 Å². The summed E-state index contributed by atoms with van der Waals surface area (Å²) in [5.41, 5.74) is 1.27. The number of imide groups is 1. The molecule has 1 aliphatic rings. The van der Waals surface area contributed by atoms with E-state index in [4.69, 9.17) is 9.47 Å². The Balaban J connectivity index is 2.07. The molecule has 34 heavy (non-hydrogen) atoms. The van der Waals surface area contributed by atoms with Gasteiger partial charge in [0.25, 0.3) is 11.8 Å². The van der Waals surface area contributed by atoms with Gasteiger partial charge in [0.2, 0.25) is 5.91 Å². The number of benzene rings is 2. The Morgan fingerprint density at radius 2 is 1.85 bits per heavy atom. The van der Waals surface area contributed by atoms with E-state index in [0.29, 0.717) is 35.1 Å². The van der Waals surface area contributed by atoms with E-state index < -0.39 is 28.7 Å². The van der Waals surface area contributed by atoms with Crippen molar-refractivity contribution in [3.05, 3.63) is 53.1 Å². The summed E-state index contributed by atoms with van der Waals surface area (Å²) in [6.07, 6.45) is 1.03. The highest BCUT2D eigenvalue weighted by atomic mass is 32.2. The van der Waals surface area contributed by atoms with Crippen molar-refractivity contribution in [2.45, 2.75) is 39.7 Å². The van der Waals surface area contributed by atoms with Gasteiger partial charge in [-0.25, -0.2) is 0 Å². The first-order valence-electron chi connectivity index (χ1n) is 11.3. The van der Waals surface area contributed by atoms with Gasteiger partial charge in [0, 0.05) is 28.7 Å². The summed E-state index contributed by atoms with van der Waals surface area (Å²) < 4.78 is 23.8. The summed E-state index contributed by atoms with van der Waals surface area (Å²) in [4.78, 5) is 40.1. The van der Waals surface area contributed by atoms with Gasteiger partial charge < -0.3 is 14.8 Å². The van der Waals surface area contributed by atoms with Crippen molar-refractivity contribution < 1.29 is 28.1 Å². The molecule has 1 aliphatic heterocycles. The fourth-order valence-corrected chi connectivity index (χ4v) is 4.70. The monoisotopic (exact) mass is 486 g/mol. The highest BCUT2D eigenvalue weighted by Crippen LogP contribution is 2.38.